The Balaban J connectivity index is 1.67. The van der Waals surface area contributed by atoms with Crippen LogP contribution in [-0.4, -0.2) is 33.8 Å². The molecule has 2 aromatic rings. The quantitative estimate of drug-likeness (QED) is 0.453. The molecule has 1 saturated carbocycles. The molecule has 3 rings (SSSR count). The van der Waals surface area contributed by atoms with Crippen LogP contribution in [0.4, 0.5) is 4.39 Å². The lowest BCUT2D eigenvalue weighted by Crippen LogP contribution is -2.41. The maximum Gasteiger partial charge on any atom is 0.191 e. The second-order valence-corrected chi connectivity index (χ2v) is 6.70. The van der Waals surface area contributed by atoms with E-state index in [1.807, 2.05) is 24.6 Å². The lowest BCUT2D eigenvalue weighted by Gasteiger charge is -2.19. The predicted molar refractivity (Wildman–Crippen MR) is 100 cm³/mol. The Labute approximate surface area is 153 Å². The van der Waals surface area contributed by atoms with Crippen LogP contribution in [0.3, 0.4) is 0 Å². The van der Waals surface area contributed by atoms with Gasteiger partial charge in [0.05, 0.1) is 0 Å². The molecule has 0 aliphatic heterocycles. The number of nitrogens with zero attached hydrogens (tertiary/aromatic N) is 4. The standard InChI is InChI=1S/C19H25FN6/c1-4-10-21-18(22-12-17-25-24-14(2)26(17)3)23-13-19(8-9-19)15-6-5-7-16(20)11-15/h4-7,11H,1,8-10,12-13H2,2-3H3,(H2,21,22,23). The fraction of sp³-hybridized carbons (Fsp3) is 0.421. The second-order valence-electron chi connectivity index (χ2n) is 6.70. The van der Waals surface area contributed by atoms with Crippen LogP contribution in [0.5, 0.6) is 0 Å². The summed E-state index contributed by atoms with van der Waals surface area (Å²) in [5.41, 5.74) is 1.03. The number of benzene rings is 1. The fourth-order valence-corrected chi connectivity index (χ4v) is 2.87. The average molecular weight is 356 g/mol. The van der Waals surface area contributed by atoms with Gasteiger partial charge in [0.25, 0.3) is 0 Å². The second kappa shape index (κ2) is 7.68. The summed E-state index contributed by atoms with van der Waals surface area (Å²) in [5, 5.41) is 14.8. The Morgan fingerprint density at radius 1 is 1.38 bits per heavy atom. The number of rotatable bonds is 7. The van der Waals surface area contributed by atoms with Gasteiger partial charge >= 0.3 is 0 Å². The molecule has 2 N–H and O–H groups in total. The third kappa shape index (κ3) is 4.09. The highest BCUT2D eigenvalue weighted by atomic mass is 19.1. The van der Waals surface area contributed by atoms with Crippen LogP contribution < -0.4 is 10.6 Å². The van der Waals surface area contributed by atoms with Gasteiger partial charge in [-0.05, 0) is 37.5 Å². The number of hydrogen-bond acceptors (Lipinski definition) is 3. The van der Waals surface area contributed by atoms with Crippen LogP contribution in [0.2, 0.25) is 0 Å². The Hall–Kier alpha value is -2.70. The summed E-state index contributed by atoms with van der Waals surface area (Å²) in [4.78, 5) is 4.60. The molecule has 0 radical (unpaired) electrons. The molecule has 26 heavy (non-hydrogen) atoms. The van der Waals surface area contributed by atoms with Gasteiger partial charge in [-0.2, -0.15) is 0 Å². The number of guanidine groups is 1. The van der Waals surface area contributed by atoms with Gasteiger partial charge in [-0.3, -0.25) is 0 Å². The molecule has 0 saturated heterocycles. The number of aromatic nitrogens is 3. The molecule has 6 nitrogen and oxygen atoms in total. The minimum absolute atomic E-state index is 0.0138. The van der Waals surface area contributed by atoms with E-state index in [0.29, 0.717) is 25.6 Å². The van der Waals surface area contributed by atoms with Crippen LogP contribution in [-0.2, 0) is 19.0 Å². The van der Waals surface area contributed by atoms with E-state index in [0.717, 1.165) is 30.1 Å². The van der Waals surface area contributed by atoms with E-state index in [1.165, 1.54) is 6.07 Å². The molecule has 0 spiro atoms. The summed E-state index contributed by atoms with van der Waals surface area (Å²) in [6, 6.07) is 6.87. The van der Waals surface area contributed by atoms with E-state index in [1.54, 1.807) is 18.2 Å². The summed E-state index contributed by atoms with van der Waals surface area (Å²) in [6.07, 6.45) is 3.87. The highest BCUT2D eigenvalue weighted by molar-refractivity contribution is 5.80. The summed E-state index contributed by atoms with van der Waals surface area (Å²) >= 11 is 0. The third-order valence-electron chi connectivity index (χ3n) is 4.86. The Morgan fingerprint density at radius 2 is 2.19 bits per heavy atom. The van der Waals surface area contributed by atoms with Crippen LogP contribution in [0.25, 0.3) is 0 Å². The zero-order valence-electron chi connectivity index (χ0n) is 15.3. The highest BCUT2D eigenvalue weighted by Gasteiger charge is 2.44. The van der Waals surface area contributed by atoms with Gasteiger partial charge < -0.3 is 15.2 Å². The Kier molecular flexibility index (Phi) is 5.35. The van der Waals surface area contributed by atoms with Gasteiger partial charge in [0, 0.05) is 25.6 Å². The monoisotopic (exact) mass is 356 g/mol. The fourth-order valence-electron chi connectivity index (χ4n) is 2.87. The smallest absolute Gasteiger partial charge is 0.191 e. The van der Waals surface area contributed by atoms with E-state index in [2.05, 4.69) is 32.4 Å². The lowest BCUT2D eigenvalue weighted by molar-refractivity contribution is 0.607. The largest absolute Gasteiger partial charge is 0.355 e. The molecule has 1 aliphatic rings. The molecule has 7 heteroatoms. The SMILES string of the molecule is C=CCNC(=NCc1nnc(C)n1C)NCC1(c2cccc(F)c2)CC1. The number of aryl methyl sites for hydroxylation is 1. The van der Waals surface area contributed by atoms with E-state index in [-0.39, 0.29) is 11.2 Å². The van der Waals surface area contributed by atoms with Crippen molar-refractivity contribution in [3.05, 3.63) is 59.9 Å². The molecule has 1 aliphatic carbocycles. The summed E-state index contributed by atoms with van der Waals surface area (Å²) in [6.45, 7) is 7.38. The zero-order valence-corrected chi connectivity index (χ0v) is 15.3. The van der Waals surface area contributed by atoms with Gasteiger partial charge in [-0.1, -0.05) is 18.2 Å². The first-order valence-electron chi connectivity index (χ1n) is 8.78. The number of hydrogen-bond donors (Lipinski definition) is 2. The molecule has 138 valence electrons. The van der Waals surface area contributed by atoms with Gasteiger partial charge in [-0.15, -0.1) is 16.8 Å². The average Bonchev–Trinajstić information content (AvgIpc) is 3.37. The van der Waals surface area contributed by atoms with Crippen molar-refractivity contribution in [1.29, 1.82) is 0 Å². The van der Waals surface area contributed by atoms with Gasteiger partial charge in [0.1, 0.15) is 18.2 Å². The lowest BCUT2D eigenvalue weighted by atomic mass is 9.96. The van der Waals surface area contributed by atoms with Crippen LogP contribution in [0.15, 0.2) is 41.9 Å². The normalized spacial score (nSPS) is 15.6. The van der Waals surface area contributed by atoms with Crippen LogP contribution in [0.1, 0.15) is 30.1 Å². The van der Waals surface area contributed by atoms with Gasteiger partial charge in [-0.25, -0.2) is 9.38 Å². The molecule has 0 amide bonds. The van der Waals surface area contributed by atoms with Crippen molar-refractivity contribution in [3.8, 4) is 0 Å². The first-order chi connectivity index (χ1) is 12.5. The van der Waals surface area contributed by atoms with E-state index in [4.69, 9.17) is 0 Å². The van der Waals surface area contributed by atoms with Gasteiger partial charge in [0.2, 0.25) is 0 Å². The highest BCUT2D eigenvalue weighted by Crippen LogP contribution is 2.47. The third-order valence-corrected chi connectivity index (χ3v) is 4.86. The molecule has 1 aromatic carbocycles. The number of nitrogens with one attached hydrogen (secondary N) is 2. The molecule has 0 atom stereocenters. The van der Waals surface area contributed by atoms with E-state index in [9.17, 15) is 4.39 Å². The maximum absolute atomic E-state index is 13.6. The first kappa shape index (κ1) is 18.1. The first-order valence-corrected chi connectivity index (χ1v) is 8.78. The molecule has 1 heterocycles. The zero-order chi connectivity index (χ0) is 18.6. The van der Waals surface area contributed by atoms with Crippen molar-refractivity contribution in [2.75, 3.05) is 13.1 Å². The maximum atomic E-state index is 13.6. The molecular weight excluding hydrogens is 331 g/mol. The molecule has 1 aromatic heterocycles. The minimum Gasteiger partial charge on any atom is -0.355 e. The van der Waals surface area contributed by atoms with Crippen molar-refractivity contribution in [1.82, 2.24) is 25.4 Å². The summed E-state index contributed by atoms with van der Waals surface area (Å²) in [5.74, 6) is 2.15. The molecule has 0 unspecified atom stereocenters. The van der Waals surface area contributed by atoms with E-state index >= 15 is 0 Å². The summed E-state index contributed by atoms with van der Waals surface area (Å²) in [7, 11) is 1.92. The minimum atomic E-state index is -0.190. The van der Waals surface area contributed by atoms with Crippen molar-refractivity contribution in [3.63, 3.8) is 0 Å². The Morgan fingerprint density at radius 3 is 2.81 bits per heavy atom. The van der Waals surface area contributed by atoms with Crippen molar-refractivity contribution >= 4 is 5.96 Å². The summed E-state index contributed by atoms with van der Waals surface area (Å²) < 4.78 is 15.5. The molecular formula is C19H25FN6. The van der Waals surface area contributed by atoms with Crippen LogP contribution >= 0.6 is 0 Å². The number of aliphatic imine (C=N–C) groups is 1. The topological polar surface area (TPSA) is 67.1 Å². The molecule has 0 bridgehead atoms. The van der Waals surface area contributed by atoms with Crippen molar-refractivity contribution in [2.24, 2.45) is 12.0 Å². The van der Waals surface area contributed by atoms with Crippen molar-refractivity contribution in [2.45, 2.75) is 31.7 Å². The van der Waals surface area contributed by atoms with Crippen LogP contribution in [0, 0.1) is 12.7 Å². The van der Waals surface area contributed by atoms with Crippen molar-refractivity contribution < 1.29 is 4.39 Å². The Bertz CT molecular complexity index is 806. The molecule has 1 fully saturated rings. The van der Waals surface area contributed by atoms with Gasteiger partial charge in [0.15, 0.2) is 11.8 Å². The number of halogens is 1. The predicted octanol–water partition coefficient (Wildman–Crippen LogP) is 2.22. The van der Waals surface area contributed by atoms with E-state index < -0.39 is 0 Å².